The molecule has 2 aromatic rings. The summed E-state index contributed by atoms with van der Waals surface area (Å²) in [6.07, 6.45) is 6.77. The number of carbonyl (C=O) groups excluding carboxylic acids is 1. The molecule has 24 heavy (non-hydrogen) atoms. The molecule has 0 aliphatic carbocycles. The summed E-state index contributed by atoms with van der Waals surface area (Å²) in [5, 5.41) is 3.05. The summed E-state index contributed by atoms with van der Waals surface area (Å²) < 4.78 is 10.4. The van der Waals surface area contributed by atoms with Gasteiger partial charge in [0.2, 0.25) is 5.88 Å². The minimum atomic E-state index is -0.0744. The molecule has 1 atom stereocenters. The Bertz CT molecular complexity index is 640. The number of ether oxygens (including phenoxy) is 1. The molecule has 1 aliphatic rings. The smallest absolute Gasteiger partial charge is 0.254 e. The summed E-state index contributed by atoms with van der Waals surface area (Å²) in [6, 6.07) is 5.82. The first-order valence-corrected chi connectivity index (χ1v) is 8.37. The van der Waals surface area contributed by atoms with E-state index in [1.54, 1.807) is 6.07 Å². The van der Waals surface area contributed by atoms with E-state index in [1.807, 2.05) is 12.3 Å². The summed E-state index contributed by atoms with van der Waals surface area (Å²) in [5.74, 6) is 0.599. The summed E-state index contributed by atoms with van der Waals surface area (Å²) >= 11 is 0. The van der Waals surface area contributed by atoms with Gasteiger partial charge in [-0.2, -0.15) is 0 Å². The Morgan fingerprint density at radius 3 is 3.08 bits per heavy atom. The monoisotopic (exact) mass is 329 g/mol. The van der Waals surface area contributed by atoms with Crippen LogP contribution in [-0.2, 0) is 6.54 Å². The molecule has 1 aliphatic heterocycles. The number of aromatic nitrogens is 1. The Morgan fingerprint density at radius 1 is 1.46 bits per heavy atom. The van der Waals surface area contributed by atoms with E-state index in [-0.39, 0.29) is 11.9 Å². The third-order valence-electron chi connectivity index (χ3n) is 4.05. The first kappa shape index (κ1) is 16.5. The first-order valence-electron chi connectivity index (χ1n) is 8.37. The molecule has 0 bridgehead atoms. The molecule has 3 heterocycles. The molecular formula is C18H23N3O3. The lowest BCUT2D eigenvalue weighted by Crippen LogP contribution is -2.36. The maximum Gasteiger partial charge on any atom is 0.254 e. The molecule has 0 radical (unpaired) electrons. The Morgan fingerprint density at radius 2 is 2.38 bits per heavy atom. The lowest BCUT2D eigenvalue weighted by Gasteiger charge is -2.16. The van der Waals surface area contributed by atoms with Crippen molar-refractivity contribution in [1.82, 2.24) is 15.2 Å². The second-order valence-electron chi connectivity index (χ2n) is 6.06. The van der Waals surface area contributed by atoms with Gasteiger partial charge in [0, 0.05) is 37.9 Å². The van der Waals surface area contributed by atoms with Crippen LogP contribution in [0.1, 0.15) is 35.7 Å². The van der Waals surface area contributed by atoms with Gasteiger partial charge in [-0.05, 0) is 24.5 Å². The number of hydrogen-bond acceptors (Lipinski definition) is 5. The van der Waals surface area contributed by atoms with E-state index in [0.29, 0.717) is 18.1 Å². The predicted octanol–water partition coefficient (Wildman–Crippen LogP) is 2.47. The maximum absolute atomic E-state index is 12.0. The van der Waals surface area contributed by atoms with Crippen LogP contribution in [-0.4, -0.2) is 41.5 Å². The quantitative estimate of drug-likeness (QED) is 0.845. The number of likely N-dealkylation sites (tertiary alicyclic amines) is 1. The van der Waals surface area contributed by atoms with Crippen LogP contribution in [0.2, 0.25) is 0 Å². The molecule has 0 spiro atoms. The number of rotatable bonds is 7. The van der Waals surface area contributed by atoms with Gasteiger partial charge in [-0.25, -0.2) is 4.98 Å². The standard InChI is InChI=1S/C18H23N3O3/c1-2-8-24-17-4-3-14(10-19-17)11-21-7-5-16(12-21)20-18(22)15-6-9-23-13-15/h3-4,6,9-10,13,16H,2,5,7-8,11-12H2,1H3,(H,20,22)/t16-/m0/s1. The van der Waals surface area contributed by atoms with Gasteiger partial charge in [0.25, 0.3) is 5.91 Å². The number of nitrogens with one attached hydrogen (secondary N) is 1. The van der Waals surface area contributed by atoms with E-state index < -0.39 is 0 Å². The molecule has 6 heteroatoms. The van der Waals surface area contributed by atoms with Gasteiger partial charge >= 0.3 is 0 Å². The Balaban J connectivity index is 1.46. The fourth-order valence-electron chi connectivity index (χ4n) is 2.81. The molecule has 1 amide bonds. The molecule has 3 rings (SSSR count). The van der Waals surface area contributed by atoms with Crippen LogP contribution in [0.4, 0.5) is 0 Å². The van der Waals surface area contributed by atoms with E-state index >= 15 is 0 Å². The van der Waals surface area contributed by atoms with Gasteiger partial charge in [-0.15, -0.1) is 0 Å². The molecular weight excluding hydrogens is 306 g/mol. The zero-order valence-corrected chi connectivity index (χ0v) is 13.9. The molecule has 1 fully saturated rings. The number of furan rings is 1. The second kappa shape index (κ2) is 7.97. The van der Waals surface area contributed by atoms with Crippen molar-refractivity contribution in [1.29, 1.82) is 0 Å². The number of amides is 1. The van der Waals surface area contributed by atoms with Crippen molar-refractivity contribution < 1.29 is 13.9 Å². The van der Waals surface area contributed by atoms with Gasteiger partial charge in [0.1, 0.15) is 6.26 Å². The normalized spacial score (nSPS) is 17.8. The molecule has 1 N–H and O–H groups in total. The molecule has 2 aromatic heterocycles. The van der Waals surface area contributed by atoms with E-state index in [0.717, 1.165) is 38.0 Å². The lowest BCUT2D eigenvalue weighted by molar-refractivity contribution is 0.0937. The topological polar surface area (TPSA) is 67.6 Å². The lowest BCUT2D eigenvalue weighted by atomic mass is 10.2. The summed E-state index contributed by atoms with van der Waals surface area (Å²) in [5.41, 5.74) is 1.72. The van der Waals surface area contributed by atoms with Crippen molar-refractivity contribution in [3.63, 3.8) is 0 Å². The third kappa shape index (κ3) is 4.35. The number of carbonyl (C=O) groups is 1. The average Bonchev–Trinajstić information content (AvgIpc) is 3.26. The van der Waals surface area contributed by atoms with E-state index in [9.17, 15) is 4.79 Å². The van der Waals surface area contributed by atoms with E-state index in [4.69, 9.17) is 9.15 Å². The third-order valence-corrected chi connectivity index (χ3v) is 4.05. The Labute approximate surface area is 141 Å². The predicted molar refractivity (Wildman–Crippen MR) is 89.9 cm³/mol. The van der Waals surface area contributed by atoms with Gasteiger partial charge < -0.3 is 14.5 Å². The zero-order chi connectivity index (χ0) is 16.8. The van der Waals surface area contributed by atoms with Gasteiger partial charge in [0.05, 0.1) is 18.4 Å². The van der Waals surface area contributed by atoms with Crippen LogP contribution >= 0.6 is 0 Å². The van der Waals surface area contributed by atoms with Crippen molar-refractivity contribution in [2.75, 3.05) is 19.7 Å². The van der Waals surface area contributed by atoms with Crippen LogP contribution in [0.5, 0.6) is 5.88 Å². The van der Waals surface area contributed by atoms with Crippen LogP contribution in [0, 0.1) is 0 Å². The van der Waals surface area contributed by atoms with Crippen molar-refractivity contribution in [2.24, 2.45) is 0 Å². The number of nitrogens with zero attached hydrogens (tertiary/aromatic N) is 2. The van der Waals surface area contributed by atoms with Gasteiger partial charge in [-0.3, -0.25) is 9.69 Å². The van der Waals surface area contributed by atoms with Crippen molar-refractivity contribution >= 4 is 5.91 Å². The van der Waals surface area contributed by atoms with Crippen LogP contribution in [0.3, 0.4) is 0 Å². The molecule has 0 unspecified atom stereocenters. The molecule has 0 saturated carbocycles. The molecule has 6 nitrogen and oxygen atoms in total. The minimum Gasteiger partial charge on any atom is -0.478 e. The van der Waals surface area contributed by atoms with Crippen LogP contribution in [0.25, 0.3) is 0 Å². The Hall–Kier alpha value is -2.34. The molecule has 0 aromatic carbocycles. The van der Waals surface area contributed by atoms with Crippen molar-refractivity contribution in [3.8, 4) is 5.88 Å². The fraction of sp³-hybridized carbons (Fsp3) is 0.444. The van der Waals surface area contributed by atoms with Crippen LogP contribution < -0.4 is 10.1 Å². The summed E-state index contributed by atoms with van der Waals surface area (Å²) in [7, 11) is 0. The largest absolute Gasteiger partial charge is 0.478 e. The first-order chi connectivity index (χ1) is 11.7. The van der Waals surface area contributed by atoms with Gasteiger partial charge in [-0.1, -0.05) is 13.0 Å². The van der Waals surface area contributed by atoms with E-state index in [2.05, 4.69) is 28.2 Å². The highest BCUT2D eigenvalue weighted by atomic mass is 16.5. The van der Waals surface area contributed by atoms with Crippen LogP contribution in [0.15, 0.2) is 41.3 Å². The van der Waals surface area contributed by atoms with E-state index in [1.165, 1.54) is 12.5 Å². The second-order valence-corrected chi connectivity index (χ2v) is 6.06. The van der Waals surface area contributed by atoms with Crippen molar-refractivity contribution in [3.05, 3.63) is 48.0 Å². The van der Waals surface area contributed by atoms with Crippen molar-refractivity contribution in [2.45, 2.75) is 32.4 Å². The number of pyridine rings is 1. The summed E-state index contributed by atoms with van der Waals surface area (Å²) in [6.45, 7) is 5.40. The molecule has 128 valence electrons. The zero-order valence-electron chi connectivity index (χ0n) is 13.9. The minimum absolute atomic E-state index is 0.0744. The summed E-state index contributed by atoms with van der Waals surface area (Å²) in [4.78, 5) is 18.7. The maximum atomic E-state index is 12.0. The highest BCUT2D eigenvalue weighted by Crippen LogP contribution is 2.15. The highest BCUT2D eigenvalue weighted by molar-refractivity contribution is 5.93. The molecule has 1 saturated heterocycles. The van der Waals surface area contributed by atoms with Gasteiger partial charge in [0.15, 0.2) is 0 Å². The highest BCUT2D eigenvalue weighted by Gasteiger charge is 2.24. The number of hydrogen-bond donors (Lipinski definition) is 1. The average molecular weight is 329 g/mol. The Kier molecular flexibility index (Phi) is 5.48. The SMILES string of the molecule is CCCOc1ccc(CN2CC[C@H](NC(=O)c3ccoc3)C2)cn1. The fourth-order valence-corrected chi connectivity index (χ4v) is 2.81.